The van der Waals surface area contributed by atoms with Crippen LogP contribution in [-0.4, -0.2) is 4.98 Å². The molecule has 0 aliphatic carbocycles. The van der Waals surface area contributed by atoms with E-state index >= 15 is 0 Å². The van der Waals surface area contributed by atoms with E-state index in [1.165, 1.54) is 38.1 Å². The third-order valence-electron chi connectivity index (χ3n) is 9.62. The van der Waals surface area contributed by atoms with Crippen LogP contribution < -0.4 is 0 Å². The number of rotatable bonds is 3. The lowest BCUT2D eigenvalue weighted by Gasteiger charge is -2.14. The molecule has 10 rings (SSSR count). The minimum absolute atomic E-state index is 0.893. The monoisotopic (exact) mass is 597 g/mol. The zero-order chi connectivity index (χ0) is 30.9. The molecule has 0 fully saturated rings. The molecule has 0 atom stereocenters. The molecule has 0 aliphatic heterocycles. The molecule has 47 heavy (non-hydrogen) atoms. The normalized spacial score (nSPS) is 11.8. The summed E-state index contributed by atoms with van der Waals surface area (Å²) >= 11 is 0. The number of pyridine rings is 1. The summed E-state index contributed by atoms with van der Waals surface area (Å²) in [6.45, 7) is 0. The van der Waals surface area contributed by atoms with Gasteiger partial charge in [-0.2, -0.15) is 0 Å². The van der Waals surface area contributed by atoms with Crippen molar-refractivity contribution in [2.75, 3.05) is 0 Å². The number of aromatic nitrogens is 1. The van der Waals surface area contributed by atoms with Crippen LogP contribution in [0.4, 0.5) is 0 Å². The second kappa shape index (κ2) is 10.1. The molecule has 0 N–H and O–H groups in total. The van der Waals surface area contributed by atoms with Crippen molar-refractivity contribution in [1.29, 1.82) is 0 Å². The molecule has 0 bridgehead atoms. The third-order valence-corrected chi connectivity index (χ3v) is 9.62. The summed E-state index contributed by atoms with van der Waals surface area (Å²) in [6.07, 6.45) is 0. The molecular formula is C45H27NO. The summed E-state index contributed by atoms with van der Waals surface area (Å²) < 4.78 is 6.34. The highest BCUT2D eigenvalue weighted by Crippen LogP contribution is 2.42. The second-order valence-electron chi connectivity index (χ2n) is 12.3. The average molecular weight is 598 g/mol. The van der Waals surface area contributed by atoms with E-state index in [2.05, 4.69) is 152 Å². The molecule has 0 saturated heterocycles. The van der Waals surface area contributed by atoms with Crippen LogP contribution in [0.1, 0.15) is 0 Å². The first-order valence-corrected chi connectivity index (χ1v) is 16.0. The molecule has 8 aromatic carbocycles. The average Bonchev–Trinajstić information content (AvgIpc) is 3.53. The van der Waals surface area contributed by atoms with E-state index in [1.54, 1.807) is 0 Å². The number of hydrogen-bond donors (Lipinski definition) is 0. The Morgan fingerprint density at radius 3 is 1.94 bits per heavy atom. The summed E-state index contributed by atoms with van der Waals surface area (Å²) in [4.78, 5) is 5.36. The highest BCUT2D eigenvalue weighted by molar-refractivity contribution is 6.28. The van der Waals surface area contributed by atoms with Crippen LogP contribution in [-0.2, 0) is 0 Å². The molecule has 2 aromatic heterocycles. The maximum absolute atomic E-state index is 6.34. The van der Waals surface area contributed by atoms with Gasteiger partial charge in [-0.05, 0) is 80.2 Å². The second-order valence-corrected chi connectivity index (χ2v) is 12.3. The van der Waals surface area contributed by atoms with Crippen molar-refractivity contribution in [3.8, 4) is 33.5 Å². The maximum Gasteiger partial charge on any atom is 0.136 e. The van der Waals surface area contributed by atoms with Gasteiger partial charge in [-0.25, -0.2) is 4.98 Å². The van der Waals surface area contributed by atoms with Crippen molar-refractivity contribution in [3.05, 3.63) is 164 Å². The smallest absolute Gasteiger partial charge is 0.136 e. The van der Waals surface area contributed by atoms with Gasteiger partial charge in [0.05, 0.1) is 11.2 Å². The van der Waals surface area contributed by atoms with E-state index in [9.17, 15) is 0 Å². The van der Waals surface area contributed by atoms with Crippen molar-refractivity contribution in [1.82, 2.24) is 4.98 Å². The van der Waals surface area contributed by atoms with E-state index in [0.29, 0.717) is 0 Å². The number of benzene rings is 8. The van der Waals surface area contributed by atoms with Crippen molar-refractivity contribution >= 4 is 65.2 Å². The Bertz CT molecular complexity index is 2840. The first-order valence-electron chi connectivity index (χ1n) is 16.0. The topological polar surface area (TPSA) is 26.0 Å². The fourth-order valence-corrected chi connectivity index (χ4v) is 7.46. The minimum Gasteiger partial charge on any atom is -0.456 e. The lowest BCUT2D eigenvalue weighted by atomic mass is 9.91. The first-order chi connectivity index (χ1) is 23.3. The van der Waals surface area contributed by atoms with Crippen molar-refractivity contribution in [3.63, 3.8) is 0 Å². The third kappa shape index (κ3) is 4.02. The van der Waals surface area contributed by atoms with Gasteiger partial charge in [0.2, 0.25) is 0 Å². The fraction of sp³-hybridized carbons (Fsp3) is 0. The largest absolute Gasteiger partial charge is 0.456 e. The Morgan fingerprint density at radius 2 is 1.04 bits per heavy atom. The van der Waals surface area contributed by atoms with E-state index < -0.39 is 0 Å². The van der Waals surface area contributed by atoms with Crippen LogP contribution in [0.5, 0.6) is 0 Å². The van der Waals surface area contributed by atoms with Gasteiger partial charge < -0.3 is 4.42 Å². The SMILES string of the molecule is c1ccc(-c2nc3cc(-c4cccc(-c5cc6ccccc6c6ccccc56)c4)ccc3c3c2ccc2oc4ccccc4c23)cc1. The Kier molecular flexibility index (Phi) is 5.61. The molecule has 2 heterocycles. The van der Waals surface area contributed by atoms with Crippen LogP contribution in [0.2, 0.25) is 0 Å². The Hall–Kier alpha value is -6.25. The standard InChI is InChI=1S/C45H27NO/c1-2-11-28(12-3-1)45-38-23-24-42-44(37-19-8-9-20-41(37)47-42)43(38)36-22-21-30(27-40(36)46-45)29-14-10-15-31(25-29)39-26-32-13-4-5-16-33(32)34-17-6-7-18-35(34)39/h1-27H. The van der Waals surface area contributed by atoms with Gasteiger partial charge in [0.15, 0.2) is 0 Å². The zero-order valence-corrected chi connectivity index (χ0v) is 25.4. The Balaban J connectivity index is 1.22. The van der Waals surface area contributed by atoms with Gasteiger partial charge in [-0.1, -0.05) is 127 Å². The highest BCUT2D eigenvalue weighted by Gasteiger charge is 2.18. The number of hydrogen-bond acceptors (Lipinski definition) is 2. The zero-order valence-electron chi connectivity index (χ0n) is 25.4. The number of furan rings is 1. The van der Waals surface area contributed by atoms with Crippen molar-refractivity contribution in [2.45, 2.75) is 0 Å². The fourth-order valence-electron chi connectivity index (χ4n) is 7.46. The summed E-state index contributed by atoms with van der Waals surface area (Å²) in [7, 11) is 0. The molecule has 218 valence electrons. The van der Waals surface area contributed by atoms with Crippen molar-refractivity contribution < 1.29 is 4.42 Å². The van der Waals surface area contributed by atoms with E-state index in [0.717, 1.165) is 60.6 Å². The predicted octanol–water partition coefficient (Wildman–Crippen LogP) is 12.6. The van der Waals surface area contributed by atoms with Crippen LogP contribution in [0.25, 0.3) is 98.7 Å². The van der Waals surface area contributed by atoms with Crippen LogP contribution in [0.15, 0.2) is 168 Å². The lowest BCUT2D eigenvalue weighted by molar-refractivity contribution is 0.669. The van der Waals surface area contributed by atoms with Gasteiger partial charge >= 0.3 is 0 Å². The van der Waals surface area contributed by atoms with Crippen LogP contribution >= 0.6 is 0 Å². The summed E-state index contributed by atoms with van der Waals surface area (Å²) in [5, 5.41) is 10.8. The van der Waals surface area contributed by atoms with Gasteiger partial charge in [0.1, 0.15) is 11.2 Å². The number of nitrogens with zero attached hydrogens (tertiary/aromatic N) is 1. The first kappa shape index (κ1) is 26.0. The quantitative estimate of drug-likeness (QED) is 0.189. The van der Waals surface area contributed by atoms with Crippen LogP contribution in [0.3, 0.4) is 0 Å². The predicted molar refractivity (Wildman–Crippen MR) is 198 cm³/mol. The van der Waals surface area contributed by atoms with E-state index in [-0.39, 0.29) is 0 Å². The molecular weight excluding hydrogens is 571 g/mol. The maximum atomic E-state index is 6.34. The van der Waals surface area contributed by atoms with E-state index in [1.807, 2.05) is 12.1 Å². The molecule has 0 amide bonds. The minimum atomic E-state index is 0.893. The summed E-state index contributed by atoms with van der Waals surface area (Å²) in [6, 6.07) is 58.5. The molecule has 2 heteroatoms. The van der Waals surface area contributed by atoms with Gasteiger partial charge in [-0.3, -0.25) is 0 Å². The van der Waals surface area contributed by atoms with Crippen molar-refractivity contribution in [2.24, 2.45) is 0 Å². The molecule has 0 aliphatic rings. The Labute approximate surface area is 271 Å². The number of para-hydroxylation sites is 1. The molecule has 10 aromatic rings. The number of fused-ring (bicyclic) bond motifs is 10. The lowest BCUT2D eigenvalue weighted by Crippen LogP contribution is -1.91. The Morgan fingerprint density at radius 1 is 0.362 bits per heavy atom. The van der Waals surface area contributed by atoms with Gasteiger partial charge in [0.25, 0.3) is 0 Å². The molecule has 0 saturated carbocycles. The summed E-state index contributed by atoms with van der Waals surface area (Å²) in [5.41, 5.74) is 9.58. The molecule has 0 spiro atoms. The molecule has 2 nitrogen and oxygen atoms in total. The summed E-state index contributed by atoms with van der Waals surface area (Å²) in [5.74, 6) is 0. The highest BCUT2D eigenvalue weighted by atomic mass is 16.3. The van der Waals surface area contributed by atoms with Gasteiger partial charge in [0, 0.05) is 32.5 Å². The molecule has 0 radical (unpaired) electrons. The molecule has 0 unspecified atom stereocenters. The van der Waals surface area contributed by atoms with Crippen LogP contribution in [0, 0.1) is 0 Å². The van der Waals surface area contributed by atoms with Gasteiger partial charge in [-0.15, -0.1) is 0 Å². The van der Waals surface area contributed by atoms with E-state index in [4.69, 9.17) is 9.40 Å².